The SMILES string of the molecule is COC(=O)CSC1CSC1. The standard InChI is InChI=1S/C6H10O2S2/c1-8-6(7)4-10-5-2-9-3-5/h5H,2-4H2,1H3. The molecule has 0 unspecified atom stereocenters. The maximum atomic E-state index is 10.6. The zero-order valence-corrected chi connectivity index (χ0v) is 7.46. The Morgan fingerprint density at radius 1 is 1.80 bits per heavy atom. The molecule has 1 aliphatic heterocycles. The van der Waals surface area contributed by atoms with Crippen LogP contribution in [-0.4, -0.2) is 35.6 Å². The molecule has 0 aromatic carbocycles. The van der Waals surface area contributed by atoms with Crippen molar-refractivity contribution in [1.82, 2.24) is 0 Å². The Kier molecular flexibility index (Phi) is 3.42. The summed E-state index contributed by atoms with van der Waals surface area (Å²) in [5, 5.41) is 0.698. The van der Waals surface area contributed by atoms with E-state index in [9.17, 15) is 4.79 Å². The van der Waals surface area contributed by atoms with Crippen LogP contribution in [0, 0.1) is 0 Å². The van der Waals surface area contributed by atoms with Gasteiger partial charge in [-0.25, -0.2) is 0 Å². The Morgan fingerprint density at radius 3 is 2.90 bits per heavy atom. The highest BCUT2D eigenvalue weighted by Gasteiger charge is 2.19. The molecule has 1 rings (SSSR count). The van der Waals surface area contributed by atoms with Crippen molar-refractivity contribution in [3.8, 4) is 0 Å². The van der Waals surface area contributed by atoms with E-state index in [1.54, 1.807) is 11.8 Å². The molecule has 0 spiro atoms. The van der Waals surface area contributed by atoms with Crippen LogP contribution in [0.1, 0.15) is 0 Å². The lowest BCUT2D eigenvalue weighted by Gasteiger charge is -2.23. The van der Waals surface area contributed by atoms with Gasteiger partial charge < -0.3 is 4.74 Å². The maximum absolute atomic E-state index is 10.6. The Morgan fingerprint density at radius 2 is 2.50 bits per heavy atom. The second kappa shape index (κ2) is 4.13. The second-order valence-electron chi connectivity index (χ2n) is 2.05. The van der Waals surface area contributed by atoms with Crippen molar-refractivity contribution in [3.05, 3.63) is 0 Å². The van der Waals surface area contributed by atoms with E-state index in [1.807, 2.05) is 11.8 Å². The van der Waals surface area contributed by atoms with Gasteiger partial charge in [-0.2, -0.15) is 11.8 Å². The lowest BCUT2D eigenvalue weighted by molar-refractivity contribution is -0.137. The molecule has 1 saturated heterocycles. The molecule has 0 N–H and O–H groups in total. The molecule has 0 saturated carbocycles. The van der Waals surface area contributed by atoms with Gasteiger partial charge >= 0.3 is 5.97 Å². The number of thioether (sulfide) groups is 2. The molecule has 0 bridgehead atoms. The highest BCUT2D eigenvalue weighted by atomic mass is 32.2. The summed E-state index contributed by atoms with van der Waals surface area (Å²) >= 11 is 3.63. The summed E-state index contributed by atoms with van der Waals surface area (Å²) in [6.07, 6.45) is 0. The van der Waals surface area contributed by atoms with E-state index in [0.717, 1.165) is 0 Å². The van der Waals surface area contributed by atoms with Gasteiger partial charge in [0, 0.05) is 16.8 Å². The number of esters is 1. The highest BCUT2D eigenvalue weighted by Crippen LogP contribution is 2.28. The second-order valence-corrected chi connectivity index (χ2v) is 4.41. The number of methoxy groups -OCH3 is 1. The van der Waals surface area contributed by atoms with Gasteiger partial charge in [0.2, 0.25) is 0 Å². The molecular formula is C6H10O2S2. The molecule has 0 radical (unpaired) electrons. The largest absolute Gasteiger partial charge is 0.468 e. The number of rotatable bonds is 3. The molecular weight excluding hydrogens is 168 g/mol. The highest BCUT2D eigenvalue weighted by molar-refractivity contribution is 8.07. The van der Waals surface area contributed by atoms with Crippen LogP contribution in [-0.2, 0) is 9.53 Å². The smallest absolute Gasteiger partial charge is 0.315 e. The first kappa shape index (κ1) is 8.27. The number of carbonyl (C=O) groups excluding carboxylic acids is 1. The van der Waals surface area contributed by atoms with Gasteiger partial charge in [-0.05, 0) is 0 Å². The third-order valence-corrected chi connectivity index (χ3v) is 4.18. The lowest BCUT2D eigenvalue weighted by atomic mass is 10.5. The van der Waals surface area contributed by atoms with Crippen molar-refractivity contribution in [2.75, 3.05) is 24.4 Å². The summed E-state index contributed by atoms with van der Waals surface area (Å²) in [5.74, 6) is 2.80. The monoisotopic (exact) mass is 178 g/mol. The minimum Gasteiger partial charge on any atom is -0.468 e. The van der Waals surface area contributed by atoms with Crippen LogP contribution in [0.15, 0.2) is 0 Å². The first-order valence-electron chi connectivity index (χ1n) is 3.09. The van der Waals surface area contributed by atoms with Crippen molar-refractivity contribution in [2.45, 2.75) is 5.25 Å². The molecule has 1 heterocycles. The first-order valence-corrected chi connectivity index (χ1v) is 5.29. The molecule has 2 nitrogen and oxygen atoms in total. The topological polar surface area (TPSA) is 26.3 Å². The summed E-state index contributed by atoms with van der Waals surface area (Å²) in [7, 11) is 1.43. The summed E-state index contributed by atoms with van der Waals surface area (Å²) in [4.78, 5) is 10.6. The van der Waals surface area contributed by atoms with E-state index in [0.29, 0.717) is 11.0 Å². The van der Waals surface area contributed by atoms with Crippen LogP contribution in [0.4, 0.5) is 0 Å². The summed E-state index contributed by atoms with van der Waals surface area (Å²) in [5.41, 5.74) is 0. The van der Waals surface area contributed by atoms with E-state index < -0.39 is 0 Å². The maximum Gasteiger partial charge on any atom is 0.315 e. The quantitative estimate of drug-likeness (QED) is 0.602. The third-order valence-electron chi connectivity index (χ3n) is 1.27. The van der Waals surface area contributed by atoms with E-state index in [2.05, 4.69) is 4.74 Å². The predicted molar refractivity (Wildman–Crippen MR) is 45.6 cm³/mol. The fraction of sp³-hybridized carbons (Fsp3) is 0.833. The average molecular weight is 178 g/mol. The molecule has 1 fully saturated rings. The Hall–Kier alpha value is 0.170. The number of hydrogen-bond donors (Lipinski definition) is 0. The Balaban J connectivity index is 1.98. The van der Waals surface area contributed by atoms with Crippen molar-refractivity contribution in [1.29, 1.82) is 0 Å². The molecule has 0 amide bonds. The van der Waals surface area contributed by atoms with Gasteiger partial charge in [-0.3, -0.25) is 4.79 Å². The van der Waals surface area contributed by atoms with E-state index >= 15 is 0 Å². The van der Waals surface area contributed by atoms with Crippen molar-refractivity contribution >= 4 is 29.5 Å². The zero-order chi connectivity index (χ0) is 7.40. The molecule has 0 aromatic rings. The molecule has 0 atom stereocenters. The van der Waals surface area contributed by atoms with E-state index in [1.165, 1.54) is 18.6 Å². The molecule has 0 aliphatic carbocycles. The average Bonchev–Trinajstić information content (AvgIpc) is 1.84. The molecule has 1 aliphatic rings. The van der Waals surface area contributed by atoms with E-state index in [4.69, 9.17) is 0 Å². The van der Waals surface area contributed by atoms with Crippen molar-refractivity contribution in [3.63, 3.8) is 0 Å². The molecule has 4 heteroatoms. The van der Waals surface area contributed by atoms with Crippen LogP contribution in [0.3, 0.4) is 0 Å². The molecule has 0 aromatic heterocycles. The Bertz CT molecular complexity index is 123. The van der Waals surface area contributed by atoms with Gasteiger partial charge in [-0.1, -0.05) is 0 Å². The third kappa shape index (κ3) is 2.42. The van der Waals surface area contributed by atoms with Crippen LogP contribution in [0.25, 0.3) is 0 Å². The molecule has 58 valence electrons. The van der Waals surface area contributed by atoms with Crippen LogP contribution >= 0.6 is 23.5 Å². The van der Waals surface area contributed by atoms with Crippen LogP contribution in [0.5, 0.6) is 0 Å². The van der Waals surface area contributed by atoms with Crippen LogP contribution in [0.2, 0.25) is 0 Å². The first-order chi connectivity index (χ1) is 4.83. The molecule has 10 heavy (non-hydrogen) atoms. The fourth-order valence-electron chi connectivity index (χ4n) is 0.555. The van der Waals surface area contributed by atoms with Gasteiger partial charge in [0.25, 0.3) is 0 Å². The van der Waals surface area contributed by atoms with Gasteiger partial charge in [0.15, 0.2) is 0 Å². The summed E-state index contributed by atoms with van der Waals surface area (Å²) in [6, 6.07) is 0. The zero-order valence-electron chi connectivity index (χ0n) is 5.83. The summed E-state index contributed by atoms with van der Waals surface area (Å²) in [6.45, 7) is 0. The van der Waals surface area contributed by atoms with Crippen LogP contribution < -0.4 is 0 Å². The van der Waals surface area contributed by atoms with E-state index in [-0.39, 0.29) is 5.97 Å². The lowest BCUT2D eigenvalue weighted by Crippen LogP contribution is -2.22. The fourth-order valence-corrected chi connectivity index (χ4v) is 2.82. The normalized spacial score (nSPS) is 18.1. The van der Waals surface area contributed by atoms with Crippen molar-refractivity contribution < 1.29 is 9.53 Å². The Labute approximate surface area is 69.1 Å². The predicted octanol–water partition coefficient (Wildman–Crippen LogP) is 1.01. The van der Waals surface area contributed by atoms with Gasteiger partial charge in [0.05, 0.1) is 12.9 Å². The van der Waals surface area contributed by atoms with Crippen molar-refractivity contribution in [2.24, 2.45) is 0 Å². The number of hydrogen-bond acceptors (Lipinski definition) is 4. The van der Waals surface area contributed by atoms with Gasteiger partial charge in [-0.15, -0.1) is 11.8 Å². The minimum atomic E-state index is -0.109. The number of carbonyl (C=O) groups is 1. The summed E-state index contributed by atoms with van der Waals surface area (Å²) < 4.78 is 4.50. The van der Waals surface area contributed by atoms with Gasteiger partial charge in [0.1, 0.15) is 0 Å². The number of ether oxygens (including phenoxy) is 1. The minimum absolute atomic E-state index is 0.109.